The van der Waals surface area contributed by atoms with E-state index in [2.05, 4.69) is 22.8 Å². The van der Waals surface area contributed by atoms with Crippen molar-refractivity contribution in [2.75, 3.05) is 0 Å². The molecule has 6 nitrogen and oxygen atoms in total. The summed E-state index contributed by atoms with van der Waals surface area (Å²) >= 11 is 0. The molecule has 1 aromatic rings. The Hall–Kier alpha value is -2.24. The van der Waals surface area contributed by atoms with Crippen LogP contribution in [0.5, 0.6) is 0 Å². The van der Waals surface area contributed by atoms with E-state index in [0.717, 1.165) is 5.56 Å². The zero-order chi connectivity index (χ0) is 18.3. The Morgan fingerprint density at radius 2 is 1.44 bits per heavy atom. The lowest BCUT2D eigenvalue weighted by Gasteiger charge is -2.55. The summed E-state index contributed by atoms with van der Waals surface area (Å²) in [4.78, 5) is 29.1. The molecule has 2 aliphatic heterocycles. The smallest absolute Gasteiger partial charge is 0.319 e. The Morgan fingerprint density at radius 3 is 2.00 bits per heavy atom. The maximum absolute atomic E-state index is 12.9. The third-order valence-corrected chi connectivity index (χ3v) is 5.25. The highest BCUT2D eigenvalue weighted by molar-refractivity contribution is 5.81. The van der Waals surface area contributed by atoms with E-state index in [1.54, 1.807) is 4.90 Å². The minimum Gasteiger partial charge on any atom is -0.335 e. The van der Waals surface area contributed by atoms with Crippen LogP contribution in [0.15, 0.2) is 30.3 Å². The van der Waals surface area contributed by atoms with Crippen LogP contribution >= 0.6 is 0 Å². The summed E-state index contributed by atoms with van der Waals surface area (Å²) in [5, 5.41) is 6.19. The second kappa shape index (κ2) is 6.58. The summed E-state index contributed by atoms with van der Waals surface area (Å²) in [5.74, 6) is 0.0580. The Balaban J connectivity index is 2.10. The topological polar surface area (TPSA) is 64.7 Å². The van der Waals surface area contributed by atoms with Crippen molar-refractivity contribution in [3.8, 4) is 0 Å². The van der Waals surface area contributed by atoms with Gasteiger partial charge in [0.2, 0.25) is 0 Å². The number of nitrogens with zero attached hydrogens (tertiary/aromatic N) is 2. The average Bonchev–Trinajstić information content (AvgIpc) is 2.53. The van der Waals surface area contributed by atoms with Gasteiger partial charge in [-0.3, -0.25) is 0 Å². The normalized spacial score (nSPS) is 29.6. The first-order valence-corrected chi connectivity index (χ1v) is 9.05. The molecule has 0 aliphatic carbocycles. The van der Waals surface area contributed by atoms with E-state index in [-0.39, 0.29) is 48.3 Å². The van der Waals surface area contributed by atoms with Crippen LogP contribution in [-0.2, 0) is 0 Å². The van der Waals surface area contributed by atoms with Crippen LogP contribution in [0, 0.1) is 5.92 Å². The van der Waals surface area contributed by atoms with E-state index in [9.17, 15) is 9.59 Å². The Morgan fingerprint density at radius 1 is 0.880 bits per heavy atom. The van der Waals surface area contributed by atoms with Gasteiger partial charge in [-0.2, -0.15) is 0 Å². The van der Waals surface area contributed by atoms with Gasteiger partial charge in [-0.05, 0) is 40.2 Å². The maximum Gasteiger partial charge on any atom is 0.319 e. The fraction of sp³-hybridized carbons (Fsp3) is 0.579. The standard InChI is InChI=1S/C19H28N4O2/c1-11(2)22-16(14-9-7-6-8-10-14)15-13(5)20-18(24)23(12(3)4)17(15)21-19(22)25/h6-13,15-17H,1-5H3,(H,20,24)(H,21,25)/t13-,15+,16-,17-/m1/s1. The lowest BCUT2D eigenvalue weighted by atomic mass is 9.80. The van der Waals surface area contributed by atoms with E-state index in [4.69, 9.17) is 0 Å². The highest BCUT2D eigenvalue weighted by Crippen LogP contribution is 2.40. The molecular formula is C19H28N4O2. The van der Waals surface area contributed by atoms with Crippen LogP contribution < -0.4 is 10.6 Å². The number of rotatable bonds is 3. The lowest BCUT2D eigenvalue weighted by molar-refractivity contribution is -0.0116. The molecule has 1 aromatic carbocycles. The molecule has 2 saturated heterocycles. The van der Waals surface area contributed by atoms with Gasteiger partial charge in [0.15, 0.2) is 0 Å². The van der Waals surface area contributed by atoms with Gasteiger partial charge in [-0.1, -0.05) is 30.3 Å². The van der Waals surface area contributed by atoms with Crippen molar-refractivity contribution in [2.45, 2.75) is 65.0 Å². The first-order chi connectivity index (χ1) is 11.8. The number of hydrogen-bond donors (Lipinski definition) is 2. The predicted octanol–water partition coefficient (Wildman–Crippen LogP) is 2.93. The lowest BCUT2D eigenvalue weighted by Crippen LogP contribution is -2.74. The van der Waals surface area contributed by atoms with Gasteiger partial charge in [0, 0.05) is 24.0 Å². The van der Waals surface area contributed by atoms with Crippen molar-refractivity contribution in [1.82, 2.24) is 20.4 Å². The largest absolute Gasteiger partial charge is 0.335 e. The third kappa shape index (κ3) is 2.94. The van der Waals surface area contributed by atoms with Crippen LogP contribution in [-0.4, -0.2) is 46.2 Å². The van der Waals surface area contributed by atoms with Crippen LogP contribution in [0.3, 0.4) is 0 Å². The molecule has 2 fully saturated rings. The molecule has 2 aliphatic rings. The van der Waals surface area contributed by atoms with Crippen LogP contribution in [0.25, 0.3) is 0 Å². The quantitative estimate of drug-likeness (QED) is 0.885. The molecule has 0 spiro atoms. The van der Waals surface area contributed by atoms with Crippen molar-refractivity contribution in [3.63, 3.8) is 0 Å². The van der Waals surface area contributed by atoms with Crippen molar-refractivity contribution in [1.29, 1.82) is 0 Å². The second-order valence-electron chi connectivity index (χ2n) is 7.57. The Bertz CT molecular complexity index is 646. The molecule has 4 amide bonds. The van der Waals surface area contributed by atoms with Gasteiger partial charge in [0.25, 0.3) is 0 Å². The SMILES string of the molecule is CC(C)N1C(=O)N[C@H]2[C@H]([C@H]1c1ccccc1)[C@@H](C)NC(=O)N2C(C)C. The molecule has 25 heavy (non-hydrogen) atoms. The first kappa shape index (κ1) is 17.6. The van der Waals surface area contributed by atoms with E-state index in [1.165, 1.54) is 0 Å². The second-order valence-corrected chi connectivity index (χ2v) is 7.57. The third-order valence-electron chi connectivity index (χ3n) is 5.25. The summed E-state index contributed by atoms with van der Waals surface area (Å²) in [7, 11) is 0. The van der Waals surface area contributed by atoms with E-state index < -0.39 is 0 Å². The van der Waals surface area contributed by atoms with Crippen molar-refractivity contribution >= 4 is 12.1 Å². The first-order valence-electron chi connectivity index (χ1n) is 9.05. The van der Waals surface area contributed by atoms with E-state index >= 15 is 0 Å². The van der Waals surface area contributed by atoms with E-state index in [1.807, 2.05) is 57.7 Å². The van der Waals surface area contributed by atoms with Gasteiger partial charge < -0.3 is 20.4 Å². The molecule has 136 valence electrons. The number of carbonyl (C=O) groups is 2. The summed E-state index contributed by atoms with van der Waals surface area (Å²) in [6.45, 7) is 10.0. The molecule has 4 atom stereocenters. The summed E-state index contributed by atoms with van der Waals surface area (Å²) in [6, 6.07) is 9.82. The number of urea groups is 2. The van der Waals surface area contributed by atoms with Gasteiger partial charge in [0.05, 0.1) is 6.04 Å². The number of fused-ring (bicyclic) bond motifs is 1. The number of amides is 4. The number of carbonyl (C=O) groups excluding carboxylic acids is 2. The minimum absolute atomic E-state index is 0.00215. The highest BCUT2D eigenvalue weighted by Gasteiger charge is 2.52. The summed E-state index contributed by atoms with van der Waals surface area (Å²) < 4.78 is 0. The average molecular weight is 344 g/mol. The zero-order valence-corrected chi connectivity index (χ0v) is 15.6. The fourth-order valence-corrected chi connectivity index (χ4v) is 4.22. The van der Waals surface area contributed by atoms with Crippen molar-refractivity contribution < 1.29 is 9.59 Å². The van der Waals surface area contributed by atoms with Crippen molar-refractivity contribution in [3.05, 3.63) is 35.9 Å². The molecule has 6 heteroatoms. The predicted molar refractivity (Wildman–Crippen MR) is 96.9 cm³/mol. The molecule has 0 saturated carbocycles. The zero-order valence-electron chi connectivity index (χ0n) is 15.6. The van der Waals surface area contributed by atoms with Crippen LogP contribution in [0.4, 0.5) is 9.59 Å². The van der Waals surface area contributed by atoms with Crippen LogP contribution in [0.1, 0.15) is 46.2 Å². The Kier molecular flexibility index (Phi) is 4.62. The van der Waals surface area contributed by atoms with Gasteiger partial charge in [0.1, 0.15) is 6.17 Å². The monoisotopic (exact) mass is 344 g/mol. The van der Waals surface area contributed by atoms with Crippen molar-refractivity contribution in [2.24, 2.45) is 5.92 Å². The molecule has 2 N–H and O–H groups in total. The minimum atomic E-state index is -0.309. The van der Waals surface area contributed by atoms with Gasteiger partial charge in [-0.25, -0.2) is 9.59 Å². The molecule has 2 heterocycles. The molecule has 0 radical (unpaired) electrons. The fourth-order valence-electron chi connectivity index (χ4n) is 4.22. The van der Waals surface area contributed by atoms with Gasteiger partial charge >= 0.3 is 12.1 Å². The Labute approximate surface area is 149 Å². The van der Waals surface area contributed by atoms with Gasteiger partial charge in [-0.15, -0.1) is 0 Å². The van der Waals surface area contributed by atoms with Crippen LogP contribution in [0.2, 0.25) is 0 Å². The molecule has 0 aromatic heterocycles. The molecule has 3 rings (SSSR count). The molecular weight excluding hydrogens is 316 g/mol. The number of nitrogens with one attached hydrogen (secondary N) is 2. The summed E-state index contributed by atoms with van der Waals surface area (Å²) in [5.41, 5.74) is 1.10. The molecule has 0 bridgehead atoms. The number of benzene rings is 1. The highest BCUT2D eigenvalue weighted by atomic mass is 16.2. The number of hydrogen-bond acceptors (Lipinski definition) is 2. The summed E-state index contributed by atoms with van der Waals surface area (Å²) in [6.07, 6.45) is -0.309. The van der Waals surface area contributed by atoms with E-state index in [0.29, 0.717) is 0 Å². The molecule has 0 unspecified atom stereocenters. The maximum atomic E-state index is 12.9.